The van der Waals surface area contributed by atoms with Crippen LogP contribution in [0.1, 0.15) is 16.1 Å². The highest BCUT2D eigenvalue weighted by atomic mass is 16.3. The second-order valence-electron chi connectivity index (χ2n) is 4.66. The lowest BCUT2D eigenvalue weighted by atomic mass is 10.1. The molecule has 6 nitrogen and oxygen atoms in total. The number of phenols is 3. The van der Waals surface area contributed by atoms with Crippen LogP contribution in [0.3, 0.4) is 0 Å². The number of rotatable bonds is 2. The average Bonchev–Trinajstić information content (AvgIpc) is 2.46. The first kappa shape index (κ1) is 13.7. The number of fused-ring (bicyclic) bond motifs is 1. The molecule has 22 heavy (non-hydrogen) atoms. The normalized spacial score (nSPS) is 10.7. The van der Waals surface area contributed by atoms with Crippen molar-refractivity contribution in [3.05, 3.63) is 64.0 Å². The molecule has 0 fully saturated rings. The molecule has 0 amide bonds. The van der Waals surface area contributed by atoms with E-state index in [1.54, 1.807) is 0 Å². The molecular weight excluding hydrogens is 288 g/mol. The van der Waals surface area contributed by atoms with Gasteiger partial charge in [0, 0.05) is 12.1 Å². The average molecular weight is 298 g/mol. The third-order valence-corrected chi connectivity index (χ3v) is 3.18. The number of aromatic hydroxyl groups is 3. The van der Waals surface area contributed by atoms with E-state index in [9.17, 15) is 24.9 Å². The number of phenolic OH excluding ortho intramolecular Hbond substituents is 3. The van der Waals surface area contributed by atoms with Crippen LogP contribution in [-0.2, 0) is 0 Å². The molecular formula is C16H10O6. The van der Waals surface area contributed by atoms with Gasteiger partial charge in [-0.1, -0.05) is 6.07 Å². The van der Waals surface area contributed by atoms with Gasteiger partial charge in [-0.2, -0.15) is 0 Å². The predicted octanol–water partition coefficient (Wildman–Crippen LogP) is 2.14. The molecule has 0 saturated carbocycles. The van der Waals surface area contributed by atoms with E-state index in [0.29, 0.717) is 0 Å². The van der Waals surface area contributed by atoms with Gasteiger partial charge in [-0.05, 0) is 24.3 Å². The molecule has 0 saturated heterocycles. The fourth-order valence-electron chi connectivity index (χ4n) is 2.15. The van der Waals surface area contributed by atoms with Gasteiger partial charge in [0.05, 0.1) is 5.56 Å². The van der Waals surface area contributed by atoms with E-state index in [4.69, 9.17) is 4.42 Å². The summed E-state index contributed by atoms with van der Waals surface area (Å²) in [5.41, 5.74) is -0.615. The first-order valence-electron chi connectivity index (χ1n) is 6.30. The first-order valence-corrected chi connectivity index (χ1v) is 6.30. The molecule has 3 N–H and O–H groups in total. The molecule has 3 rings (SSSR count). The van der Waals surface area contributed by atoms with Gasteiger partial charge in [-0.3, -0.25) is 9.59 Å². The smallest absolute Gasteiger partial charge is 0.232 e. The van der Waals surface area contributed by atoms with Crippen LogP contribution in [0.4, 0.5) is 0 Å². The van der Waals surface area contributed by atoms with E-state index < -0.39 is 17.0 Å². The van der Waals surface area contributed by atoms with E-state index in [-0.39, 0.29) is 33.8 Å². The largest absolute Gasteiger partial charge is 0.508 e. The monoisotopic (exact) mass is 298 g/mol. The molecule has 1 heterocycles. The van der Waals surface area contributed by atoms with Crippen LogP contribution in [0.5, 0.6) is 17.2 Å². The van der Waals surface area contributed by atoms with E-state index in [1.165, 1.54) is 30.3 Å². The summed E-state index contributed by atoms with van der Waals surface area (Å²) >= 11 is 0. The molecule has 6 heteroatoms. The zero-order valence-corrected chi connectivity index (χ0v) is 11.1. The molecule has 1 aromatic heterocycles. The Labute approximate surface area is 123 Å². The summed E-state index contributed by atoms with van der Waals surface area (Å²) < 4.78 is 5.34. The number of hydrogen-bond donors (Lipinski definition) is 3. The molecule has 0 radical (unpaired) electrons. The van der Waals surface area contributed by atoms with E-state index >= 15 is 0 Å². The lowest BCUT2D eigenvalue weighted by Gasteiger charge is -2.05. The molecule has 0 atom stereocenters. The Kier molecular flexibility index (Phi) is 3.06. The summed E-state index contributed by atoms with van der Waals surface area (Å²) in [5.74, 6) is -1.84. The van der Waals surface area contributed by atoms with Crippen molar-refractivity contribution in [2.45, 2.75) is 0 Å². The highest BCUT2D eigenvalue weighted by Crippen LogP contribution is 2.27. The van der Waals surface area contributed by atoms with Crippen molar-refractivity contribution in [1.82, 2.24) is 0 Å². The summed E-state index contributed by atoms with van der Waals surface area (Å²) in [7, 11) is 0. The molecule has 0 bridgehead atoms. The van der Waals surface area contributed by atoms with Gasteiger partial charge >= 0.3 is 0 Å². The van der Waals surface area contributed by atoms with Crippen LogP contribution in [0.25, 0.3) is 11.0 Å². The maximum absolute atomic E-state index is 12.3. The van der Waals surface area contributed by atoms with Crippen LogP contribution in [-0.4, -0.2) is 21.1 Å². The molecule has 0 aliphatic rings. The van der Waals surface area contributed by atoms with Crippen LogP contribution < -0.4 is 5.43 Å². The SMILES string of the molecule is O=C(c1cc(=O)c2c(O)cccc2o1)c1ccc(O)cc1O. The van der Waals surface area contributed by atoms with E-state index in [1.807, 2.05) is 0 Å². The molecule has 0 aliphatic heterocycles. The van der Waals surface area contributed by atoms with Gasteiger partial charge in [-0.25, -0.2) is 0 Å². The summed E-state index contributed by atoms with van der Waals surface area (Å²) in [6, 6.07) is 8.69. The zero-order chi connectivity index (χ0) is 15.9. The van der Waals surface area contributed by atoms with Crippen molar-refractivity contribution in [3.63, 3.8) is 0 Å². The molecule has 0 unspecified atom stereocenters. The van der Waals surface area contributed by atoms with E-state index in [0.717, 1.165) is 12.1 Å². The summed E-state index contributed by atoms with van der Waals surface area (Å²) in [4.78, 5) is 24.3. The Morgan fingerprint density at radius 1 is 0.955 bits per heavy atom. The number of hydrogen-bond acceptors (Lipinski definition) is 6. The second kappa shape index (κ2) is 4.92. The molecule has 0 spiro atoms. The van der Waals surface area contributed by atoms with E-state index in [2.05, 4.69) is 0 Å². The van der Waals surface area contributed by atoms with Gasteiger partial charge in [-0.15, -0.1) is 0 Å². The van der Waals surface area contributed by atoms with Crippen molar-refractivity contribution in [1.29, 1.82) is 0 Å². The minimum Gasteiger partial charge on any atom is -0.508 e. The first-order chi connectivity index (χ1) is 10.5. The standard InChI is InChI=1S/C16H10O6/c17-8-4-5-9(11(19)6-8)16(21)14-7-12(20)15-10(18)2-1-3-13(15)22-14/h1-7,17-19H. The highest BCUT2D eigenvalue weighted by molar-refractivity contribution is 6.09. The quantitative estimate of drug-likeness (QED) is 0.625. The van der Waals surface area contributed by atoms with Gasteiger partial charge in [0.25, 0.3) is 0 Å². The Hall–Kier alpha value is -3.28. The van der Waals surface area contributed by atoms with Gasteiger partial charge < -0.3 is 19.7 Å². The molecule has 110 valence electrons. The topological polar surface area (TPSA) is 108 Å². The Bertz CT molecular complexity index is 954. The van der Waals surface area contributed by atoms with Crippen molar-refractivity contribution < 1.29 is 24.5 Å². The van der Waals surface area contributed by atoms with Crippen LogP contribution in [0.2, 0.25) is 0 Å². The van der Waals surface area contributed by atoms with Crippen molar-refractivity contribution in [3.8, 4) is 17.2 Å². The lowest BCUT2D eigenvalue weighted by molar-refractivity contribution is 0.101. The number of carbonyl (C=O) groups is 1. The summed E-state index contributed by atoms with van der Waals surface area (Å²) in [6.07, 6.45) is 0. The van der Waals surface area contributed by atoms with Crippen molar-refractivity contribution in [2.75, 3.05) is 0 Å². The Morgan fingerprint density at radius 2 is 1.73 bits per heavy atom. The van der Waals surface area contributed by atoms with Gasteiger partial charge in [0.2, 0.25) is 5.78 Å². The molecule has 3 aromatic rings. The van der Waals surface area contributed by atoms with Gasteiger partial charge in [0.1, 0.15) is 28.2 Å². The predicted molar refractivity (Wildman–Crippen MR) is 77.4 cm³/mol. The number of carbonyl (C=O) groups excluding carboxylic acids is 1. The summed E-state index contributed by atoms with van der Waals surface area (Å²) in [6.45, 7) is 0. The van der Waals surface area contributed by atoms with Crippen molar-refractivity contribution in [2.24, 2.45) is 0 Å². The fraction of sp³-hybridized carbons (Fsp3) is 0. The highest BCUT2D eigenvalue weighted by Gasteiger charge is 2.19. The van der Waals surface area contributed by atoms with Crippen LogP contribution in [0, 0.1) is 0 Å². The second-order valence-corrected chi connectivity index (χ2v) is 4.66. The minimum absolute atomic E-state index is 0.0195. The Balaban J connectivity index is 2.18. The number of benzene rings is 2. The zero-order valence-electron chi connectivity index (χ0n) is 11.1. The van der Waals surface area contributed by atoms with Gasteiger partial charge in [0.15, 0.2) is 11.2 Å². The van der Waals surface area contributed by atoms with Crippen LogP contribution >= 0.6 is 0 Å². The minimum atomic E-state index is -0.708. The summed E-state index contributed by atoms with van der Waals surface area (Å²) in [5, 5.41) is 28.6. The van der Waals surface area contributed by atoms with Crippen LogP contribution in [0.15, 0.2) is 51.7 Å². The fourth-order valence-corrected chi connectivity index (χ4v) is 2.15. The lowest BCUT2D eigenvalue weighted by Crippen LogP contribution is -2.08. The molecule has 2 aromatic carbocycles. The maximum Gasteiger partial charge on any atom is 0.232 e. The molecule has 0 aliphatic carbocycles. The third kappa shape index (κ3) is 2.16. The third-order valence-electron chi connectivity index (χ3n) is 3.18. The van der Waals surface area contributed by atoms with Crippen molar-refractivity contribution >= 4 is 16.8 Å². The Morgan fingerprint density at radius 3 is 2.45 bits per heavy atom. The number of ketones is 1. The maximum atomic E-state index is 12.3.